The Morgan fingerprint density at radius 2 is 1.52 bits per heavy atom. The van der Waals surface area contributed by atoms with Crippen molar-refractivity contribution in [1.29, 1.82) is 0 Å². The first kappa shape index (κ1) is 15.6. The van der Waals surface area contributed by atoms with Gasteiger partial charge in [-0.2, -0.15) is 4.65 Å². The molecule has 4 amide bonds. The van der Waals surface area contributed by atoms with Crippen molar-refractivity contribution in [3.63, 3.8) is 0 Å². The van der Waals surface area contributed by atoms with Gasteiger partial charge in [0.2, 0.25) is 0 Å². The highest BCUT2D eigenvalue weighted by atomic mass is 16.7. The van der Waals surface area contributed by atoms with Gasteiger partial charge >= 0.3 is 23.4 Å². The number of piperidine rings is 1. The van der Waals surface area contributed by atoms with E-state index in [4.69, 9.17) is 4.84 Å². The molecule has 7 nitrogen and oxygen atoms in total. The lowest BCUT2D eigenvalue weighted by molar-refractivity contribution is -1.13. The normalized spacial score (nSPS) is 23.1. The van der Waals surface area contributed by atoms with Gasteiger partial charge < -0.3 is 0 Å². The number of hydrogen-bond acceptors (Lipinski definition) is 4. The van der Waals surface area contributed by atoms with E-state index in [9.17, 15) is 14.4 Å². The number of carbonyl (C=O) groups excluding carboxylic acids is 3. The molecule has 0 aromatic heterocycles. The molecule has 0 unspecified atom stereocenters. The third-order valence-corrected chi connectivity index (χ3v) is 4.80. The number of likely N-dealkylation sites (tertiary alicyclic amines) is 1. The molecular weight excluding hydrogens is 298 g/mol. The van der Waals surface area contributed by atoms with Gasteiger partial charge in [-0.25, -0.2) is 9.63 Å². The summed E-state index contributed by atoms with van der Waals surface area (Å²) < 4.78 is -0.137. The molecule has 2 fully saturated rings. The molecule has 2 aliphatic rings. The summed E-state index contributed by atoms with van der Waals surface area (Å²) in [5.41, 5.74) is -1.10. The fourth-order valence-corrected chi connectivity index (χ4v) is 3.75. The number of hydrogen-bond donors (Lipinski definition) is 2. The van der Waals surface area contributed by atoms with Crippen molar-refractivity contribution in [2.24, 2.45) is 0 Å². The zero-order chi connectivity index (χ0) is 16.5. The Balaban J connectivity index is 2.24. The number of amides is 4. The van der Waals surface area contributed by atoms with Crippen LogP contribution >= 0.6 is 0 Å². The molecule has 2 N–H and O–H groups in total. The summed E-state index contributed by atoms with van der Waals surface area (Å²) in [5, 5.41) is 4.50. The standard InChI is InChI=1S/C16H19N3O4/c1-23-19(10-6-3-7-11-19)16(12-8-4-2-5-9-12)13(20)17-15(22)18-14(16)21/h2,4-5,8-9H,3,6-7,10-11H2,1H3,(H-,17,18,20,21,22)/p+1. The Kier molecular flexibility index (Phi) is 3.91. The summed E-state index contributed by atoms with van der Waals surface area (Å²) >= 11 is 0. The van der Waals surface area contributed by atoms with Crippen LogP contribution in [0.25, 0.3) is 0 Å². The average molecular weight is 318 g/mol. The van der Waals surface area contributed by atoms with Crippen LogP contribution in [0, 0.1) is 0 Å². The van der Waals surface area contributed by atoms with Gasteiger partial charge in [0, 0.05) is 5.56 Å². The van der Waals surface area contributed by atoms with E-state index in [1.165, 1.54) is 7.11 Å². The van der Waals surface area contributed by atoms with E-state index in [-0.39, 0.29) is 4.65 Å². The van der Waals surface area contributed by atoms with Gasteiger partial charge in [0.05, 0.1) is 7.11 Å². The molecule has 3 rings (SSSR count). The van der Waals surface area contributed by atoms with Gasteiger partial charge in [-0.15, -0.1) is 0 Å². The molecule has 0 radical (unpaired) electrons. The largest absolute Gasteiger partial charge is 0.328 e. The zero-order valence-corrected chi connectivity index (χ0v) is 13.0. The number of barbiturate groups is 1. The molecular formula is C16H20N3O4+. The first-order chi connectivity index (χ1) is 11.1. The molecule has 0 spiro atoms. The van der Waals surface area contributed by atoms with Crippen LogP contribution in [0.1, 0.15) is 24.8 Å². The molecule has 2 saturated heterocycles. The maximum atomic E-state index is 12.9. The smallest absolute Gasteiger partial charge is 0.271 e. The highest BCUT2D eigenvalue weighted by Gasteiger charge is 2.68. The lowest BCUT2D eigenvalue weighted by Gasteiger charge is -2.49. The second kappa shape index (κ2) is 5.75. The van der Waals surface area contributed by atoms with Crippen molar-refractivity contribution in [1.82, 2.24) is 10.6 Å². The number of benzene rings is 1. The Morgan fingerprint density at radius 3 is 2.04 bits per heavy atom. The molecule has 2 aliphatic heterocycles. The van der Waals surface area contributed by atoms with Crippen LogP contribution in [-0.4, -0.2) is 42.7 Å². The van der Waals surface area contributed by atoms with Crippen molar-refractivity contribution in [3.8, 4) is 0 Å². The zero-order valence-electron chi connectivity index (χ0n) is 13.0. The lowest BCUT2D eigenvalue weighted by Crippen LogP contribution is -2.78. The van der Waals surface area contributed by atoms with E-state index in [0.29, 0.717) is 18.7 Å². The topological polar surface area (TPSA) is 84.5 Å². The second-order valence-electron chi connectivity index (χ2n) is 5.89. The van der Waals surface area contributed by atoms with Crippen LogP contribution < -0.4 is 10.6 Å². The van der Waals surface area contributed by atoms with Crippen LogP contribution in [0.2, 0.25) is 0 Å². The quantitative estimate of drug-likeness (QED) is 0.638. The molecule has 0 atom stereocenters. The summed E-state index contributed by atoms with van der Waals surface area (Å²) in [7, 11) is 1.51. The number of urea groups is 1. The molecule has 122 valence electrons. The highest BCUT2D eigenvalue weighted by Crippen LogP contribution is 2.40. The van der Waals surface area contributed by atoms with E-state index in [2.05, 4.69) is 10.6 Å². The predicted molar refractivity (Wildman–Crippen MR) is 80.7 cm³/mol. The van der Waals surface area contributed by atoms with E-state index in [1.54, 1.807) is 24.3 Å². The predicted octanol–water partition coefficient (Wildman–Crippen LogP) is 0.810. The number of nitrogens with one attached hydrogen (secondary N) is 2. The monoisotopic (exact) mass is 318 g/mol. The minimum absolute atomic E-state index is 0.137. The van der Waals surface area contributed by atoms with E-state index >= 15 is 0 Å². The van der Waals surface area contributed by atoms with Gasteiger partial charge in [-0.3, -0.25) is 20.2 Å². The maximum Gasteiger partial charge on any atom is 0.328 e. The van der Waals surface area contributed by atoms with Crippen molar-refractivity contribution in [3.05, 3.63) is 35.9 Å². The van der Waals surface area contributed by atoms with Gasteiger partial charge in [-0.05, 0) is 19.3 Å². The molecule has 0 saturated carbocycles. The molecule has 0 bridgehead atoms. The number of imide groups is 2. The number of nitrogens with zero attached hydrogens (tertiary/aromatic N) is 1. The number of rotatable bonds is 3. The number of hydroxylamine groups is 3. The summed E-state index contributed by atoms with van der Waals surface area (Å²) in [5.74, 6) is -1.28. The molecule has 1 aromatic rings. The lowest BCUT2D eigenvalue weighted by atomic mass is 9.82. The summed E-state index contributed by atoms with van der Waals surface area (Å²) in [6, 6.07) is 8.01. The Bertz CT molecular complexity index is 618. The maximum absolute atomic E-state index is 12.9. The van der Waals surface area contributed by atoms with Gasteiger partial charge in [0.25, 0.3) is 0 Å². The number of carbonyl (C=O) groups is 3. The minimum atomic E-state index is -1.62. The molecule has 1 aromatic carbocycles. The molecule has 23 heavy (non-hydrogen) atoms. The third-order valence-electron chi connectivity index (χ3n) is 4.80. The van der Waals surface area contributed by atoms with Gasteiger partial charge in [0.15, 0.2) is 0 Å². The average Bonchev–Trinajstić information content (AvgIpc) is 2.56. The summed E-state index contributed by atoms with van der Waals surface area (Å²) in [6.07, 6.45) is 2.71. The van der Waals surface area contributed by atoms with Crippen LogP contribution in [0.15, 0.2) is 30.3 Å². The van der Waals surface area contributed by atoms with E-state index in [0.717, 1.165) is 19.3 Å². The van der Waals surface area contributed by atoms with Crippen LogP contribution in [0.3, 0.4) is 0 Å². The molecule has 7 heteroatoms. The first-order valence-electron chi connectivity index (χ1n) is 7.72. The van der Waals surface area contributed by atoms with Crippen molar-refractivity contribution >= 4 is 17.8 Å². The third kappa shape index (κ3) is 2.15. The van der Waals surface area contributed by atoms with Crippen molar-refractivity contribution in [2.45, 2.75) is 24.8 Å². The van der Waals surface area contributed by atoms with Crippen LogP contribution in [0.4, 0.5) is 4.79 Å². The van der Waals surface area contributed by atoms with E-state index in [1.807, 2.05) is 6.07 Å². The van der Waals surface area contributed by atoms with Crippen LogP contribution in [0.5, 0.6) is 0 Å². The Labute approximate surface area is 134 Å². The Morgan fingerprint density at radius 1 is 0.957 bits per heavy atom. The van der Waals surface area contributed by atoms with Gasteiger partial charge in [0.1, 0.15) is 13.1 Å². The first-order valence-corrected chi connectivity index (χ1v) is 7.72. The SMILES string of the molecule is CO[N+]1(C2(c3ccccc3)C(=O)NC(=O)NC2=O)CCCCC1. The van der Waals surface area contributed by atoms with E-state index < -0.39 is 23.4 Å². The highest BCUT2D eigenvalue weighted by molar-refractivity contribution is 6.21. The fraction of sp³-hybridized carbons (Fsp3) is 0.438. The van der Waals surface area contributed by atoms with Crippen molar-refractivity contribution < 1.29 is 23.9 Å². The Hall–Kier alpha value is -2.25. The number of quaternary nitrogens is 1. The molecule has 0 aliphatic carbocycles. The summed E-state index contributed by atoms with van der Waals surface area (Å²) in [4.78, 5) is 43.1. The molecule has 2 heterocycles. The second-order valence-corrected chi connectivity index (χ2v) is 5.89. The van der Waals surface area contributed by atoms with Crippen LogP contribution in [-0.2, 0) is 20.0 Å². The van der Waals surface area contributed by atoms with Gasteiger partial charge in [-0.1, -0.05) is 30.3 Å². The summed E-state index contributed by atoms with van der Waals surface area (Å²) in [6.45, 7) is 1.06. The van der Waals surface area contributed by atoms with Crippen molar-refractivity contribution in [2.75, 3.05) is 20.2 Å². The fourth-order valence-electron chi connectivity index (χ4n) is 3.75. The minimum Gasteiger partial charge on any atom is -0.271 e.